The summed E-state index contributed by atoms with van der Waals surface area (Å²) in [5.74, 6) is 0. The Kier molecular flexibility index (Phi) is 4.43. The lowest BCUT2D eigenvalue weighted by Gasteiger charge is -2.18. The Bertz CT molecular complexity index is 258. The SMILES string of the molecule is COCCN(C)c1ccc(CN)cc1. The van der Waals surface area contributed by atoms with Gasteiger partial charge in [0, 0.05) is 32.9 Å². The van der Waals surface area contributed by atoms with Crippen LogP contribution in [-0.2, 0) is 11.3 Å². The molecule has 0 bridgehead atoms. The summed E-state index contributed by atoms with van der Waals surface area (Å²) in [6.07, 6.45) is 0. The third kappa shape index (κ3) is 3.01. The summed E-state index contributed by atoms with van der Waals surface area (Å²) < 4.78 is 5.02. The van der Waals surface area contributed by atoms with Gasteiger partial charge >= 0.3 is 0 Å². The second kappa shape index (κ2) is 5.62. The molecule has 3 heteroatoms. The molecule has 0 saturated carbocycles. The van der Waals surface area contributed by atoms with Crippen LogP contribution >= 0.6 is 0 Å². The molecule has 1 rings (SSSR count). The van der Waals surface area contributed by atoms with Gasteiger partial charge < -0.3 is 15.4 Å². The van der Waals surface area contributed by atoms with E-state index in [9.17, 15) is 0 Å². The predicted octanol–water partition coefficient (Wildman–Crippen LogP) is 1.23. The predicted molar refractivity (Wildman–Crippen MR) is 59.5 cm³/mol. The highest BCUT2D eigenvalue weighted by molar-refractivity contribution is 5.46. The Labute approximate surface area is 85.5 Å². The molecular formula is C11H18N2O. The molecule has 1 aromatic rings. The number of hydrogen-bond acceptors (Lipinski definition) is 3. The van der Waals surface area contributed by atoms with Crippen LogP contribution in [0.4, 0.5) is 5.69 Å². The highest BCUT2D eigenvalue weighted by Gasteiger charge is 1.99. The molecule has 14 heavy (non-hydrogen) atoms. The second-order valence-electron chi connectivity index (χ2n) is 3.28. The van der Waals surface area contributed by atoms with E-state index in [1.165, 1.54) is 5.69 Å². The summed E-state index contributed by atoms with van der Waals surface area (Å²) >= 11 is 0. The van der Waals surface area contributed by atoms with Crippen LogP contribution in [0.15, 0.2) is 24.3 Å². The summed E-state index contributed by atoms with van der Waals surface area (Å²) in [5, 5.41) is 0. The zero-order valence-electron chi connectivity index (χ0n) is 8.86. The van der Waals surface area contributed by atoms with Crippen molar-refractivity contribution in [3.63, 3.8) is 0 Å². The number of nitrogens with two attached hydrogens (primary N) is 1. The normalized spacial score (nSPS) is 10.2. The van der Waals surface area contributed by atoms with Crippen molar-refractivity contribution in [3.05, 3.63) is 29.8 Å². The van der Waals surface area contributed by atoms with Crippen LogP contribution in [0.2, 0.25) is 0 Å². The minimum absolute atomic E-state index is 0.599. The summed E-state index contributed by atoms with van der Waals surface area (Å²) in [6, 6.07) is 8.27. The lowest BCUT2D eigenvalue weighted by Crippen LogP contribution is -2.21. The van der Waals surface area contributed by atoms with Crippen LogP contribution < -0.4 is 10.6 Å². The number of anilines is 1. The lowest BCUT2D eigenvalue weighted by molar-refractivity contribution is 0.206. The standard InChI is InChI=1S/C11H18N2O/c1-13(7-8-14-2)11-5-3-10(9-12)4-6-11/h3-6H,7-9,12H2,1-2H3. The fourth-order valence-electron chi connectivity index (χ4n) is 1.24. The number of methoxy groups -OCH3 is 1. The van der Waals surface area contributed by atoms with Gasteiger partial charge in [-0.2, -0.15) is 0 Å². The topological polar surface area (TPSA) is 38.5 Å². The molecule has 0 fully saturated rings. The fraction of sp³-hybridized carbons (Fsp3) is 0.455. The van der Waals surface area contributed by atoms with E-state index in [0.717, 1.165) is 18.7 Å². The van der Waals surface area contributed by atoms with E-state index < -0.39 is 0 Å². The first-order chi connectivity index (χ1) is 6.77. The number of rotatable bonds is 5. The average molecular weight is 194 g/mol. The van der Waals surface area contributed by atoms with Crippen LogP contribution in [0, 0.1) is 0 Å². The maximum atomic E-state index is 5.52. The number of benzene rings is 1. The van der Waals surface area contributed by atoms with E-state index in [0.29, 0.717) is 6.54 Å². The van der Waals surface area contributed by atoms with Crippen LogP contribution in [0.5, 0.6) is 0 Å². The number of ether oxygens (including phenoxy) is 1. The van der Waals surface area contributed by atoms with Gasteiger partial charge in [0.1, 0.15) is 0 Å². The first kappa shape index (κ1) is 11.0. The van der Waals surface area contributed by atoms with Gasteiger partial charge in [0.25, 0.3) is 0 Å². The van der Waals surface area contributed by atoms with Crippen molar-refractivity contribution < 1.29 is 4.74 Å². The summed E-state index contributed by atoms with van der Waals surface area (Å²) in [7, 11) is 3.77. The molecule has 0 unspecified atom stereocenters. The molecule has 0 aliphatic carbocycles. The molecule has 0 aromatic heterocycles. The molecule has 0 radical (unpaired) electrons. The van der Waals surface area contributed by atoms with Crippen molar-refractivity contribution in [1.82, 2.24) is 0 Å². The van der Waals surface area contributed by atoms with Gasteiger partial charge in [-0.25, -0.2) is 0 Å². The van der Waals surface area contributed by atoms with Gasteiger partial charge in [-0.3, -0.25) is 0 Å². The van der Waals surface area contributed by atoms with Crippen LogP contribution in [0.1, 0.15) is 5.56 Å². The van der Waals surface area contributed by atoms with Gasteiger partial charge in [0.15, 0.2) is 0 Å². The Hall–Kier alpha value is -1.06. The van der Waals surface area contributed by atoms with Crippen molar-refractivity contribution in [3.8, 4) is 0 Å². The van der Waals surface area contributed by atoms with Crippen molar-refractivity contribution >= 4 is 5.69 Å². The maximum Gasteiger partial charge on any atom is 0.0637 e. The van der Waals surface area contributed by atoms with Gasteiger partial charge in [-0.15, -0.1) is 0 Å². The minimum atomic E-state index is 0.599. The third-order valence-electron chi connectivity index (χ3n) is 2.24. The first-order valence-electron chi connectivity index (χ1n) is 4.77. The zero-order chi connectivity index (χ0) is 10.4. The second-order valence-corrected chi connectivity index (χ2v) is 3.28. The molecule has 2 N–H and O–H groups in total. The smallest absolute Gasteiger partial charge is 0.0637 e. The van der Waals surface area contributed by atoms with Crippen molar-refractivity contribution in [2.75, 3.05) is 32.2 Å². The Morgan fingerprint density at radius 1 is 1.29 bits per heavy atom. The molecule has 1 aromatic carbocycles. The average Bonchev–Trinajstić information content (AvgIpc) is 2.26. The van der Waals surface area contributed by atoms with Gasteiger partial charge in [0.05, 0.1) is 6.61 Å². The molecule has 78 valence electrons. The van der Waals surface area contributed by atoms with Crippen LogP contribution in [-0.4, -0.2) is 27.3 Å². The van der Waals surface area contributed by atoms with Crippen molar-refractivity contribution in [1.29, 1.82) is 0 Å². The Balaban J connectivity index is 2.57. The molecule has 0 saturated heterocycles. The van der Waals surface area contributed by atoms with E-state index in [2.05, 4.69) is 36.2 Å². The lowest BCUT2D eigenvalue weighted by atomic mass is 10.2. The summed E-state index contributed by atoms with van der Waals surface area (Å²) in [4.78, 5) is 2.16. The fourth-order valence-corrected chi connectivity index (χ4v) is 1.24. The molecule has 0 aliphatic rings. The largest absolute Gasteiger partial charge is 0.383 e. The summed E-state index contributed by atoms with van der Waals surface area (Å²) in [6.45, 7) is 2.25. The van der Waals surface area contributed by atoms with E-state index >= 15 is 0 Å². The monoisotopic (exact) mass is 194 g/mol. The number of likely N-dealkylation sites (N-methyl/N-ethyl adjacent to an activating group) is 1. The van der Waals surface area contributed by atoms with Gasteiger partial charge in [-0.05, 0) is 17.7 Å². The molecule has 0 aliphatic heterocycles. The molecule has 0 atom stereocenters. The number of hydrogen-bond donors (Lipinski definition) is 1. The molecule has 0 heterocycles. The molecular weight excluding hydrogens is 176 g/mol. The highest BCUT2D eigenvalue weighted by Crippen LogP contribution is 2.12. The maximum absolute atomic E-state index is 5.52. The van der Waals surface area contributed by atoms with E-state index in [1.807, 2.05) is 0 Å². The highest BCUT2D eigenvalue weighted by atomic mass is 16.5. The third-order valence-corrected chi connectivity index (χ3v) is 2.24. The van der Waals surface area contributed by atoms with Crippen molar-refractivity contribution in [2.24, 2.45) is 5.73 Å². The number of nitrogens with zero attached hydrogens (tertiary/aromatic N) is 1. The molecule has 3 nitrogen and oxygen atoms in total. The van der Waals surface area contributed by atoms with E-state index in [-0.39, 0.29) is 0 Å². The minimum Gasteiger partial charge on any atom is -0.383 e. The summed E-state index contributed by atoms with van der Waals surface area (Å²) in [5.41, 5.74) is 7.88. The van der Waals surface area contributed by atoms with E-state index in [4.69, 9.17) is 10.5 Å². The van der Waals surface area contributed by atoms with E-state index in [1.54, 1.807) is 7.11 Å². The Morgan fingerprint density at radius 3 is 2.43 bits per heavy atom. The van der Waals surface area contributed by atoms with Crippen LogP contribution in [0.25, 0.3) is 0 Å². The quantitative estimate of drug-likeness (QED) is 0.766. The van der Waals surface area contributed by atoms with Crippen LogP contribution in [0.3, 0.4) is 0 Å². The van der Waals surface area contributed by atoms with Crippen molar-refractivity contribution in [2.45, 2.75) is 6.54 Å². The molecule has 0 spiro atoms. The zero-order valence-corrected chi connectivity index (χ0v) is 8.86. The van der Waals surface area contributed by atoms with Gasteiger partial charge in [-0.1, -0.05) is 12.1 Å². The molecule has 0 amide bonds. The van der Waals surface area contributed by atoms with Gasteiger partial charge in [0.2, 0.25) is 0 Å². The Morgan fingerprint density at radius 2 is 1.93 bits per heavy atom. The first-order valence-corrected chi connectivity index (χ1v) is 4.77.